The van der Waals surface area contributed by atoms with Crippen LogP contribution < -0.4 is 0 Å². The Morgan fingerprint density at radius 2 is 1.64 bits per heavy atom. The van der Waals surface area contributed by atoms with Gasteiger partial charge in [0.25, 0.3) is 0 Å². The fourth-order valence-electron chi connectivity index (χ4n) is 2.40. The molecule has 0 bridgehead atoms. The molecule has 0 N–H and O–H groups in total. The van der Waals surface area contributed by atoms with Crippen LogP contribution in [0.2, 0.25) is 0 Å². The molecule has 4 nitrogen and oxygen atoms in total. The highest BCUT2D eigenvalue weighted by molar-refractivity contribution is 7.90. The first-order valence-electron chi connectivity index (χ1n) is 7.43. The largest absolute Gasteiger partial charge is 0.378 e. The molecule has 0 spiro atoms. The number of halogens is 1. The molecule has 0 saturated heterocycles. The number of thiazole rings is 1. The lowest BCUT2D eigenvalue weighted by Crippen LogP contribution is -1.96. The molecule has 0 atom stereocenters. The third-order valence-electron chi connectivity index (χ3n) is 3.60. The Hall–Kier alpha value is -2.09. The summed E-state index contributed by atoms with van der Waals surface area (Å²) in [5.74, 6) is -0.310. The molecule has 0 saturated carbocycles. The van der Waals surface area contributed by atoms with Crippen molar-refractivity contribution in [2.75, 3.05) is 13.4 Å². The van der Waals surface area contributed by atoms with Gasteiger partial charge < -0.3 is 4.74 Å². The van der Waals surface area contributed by atoms with Crippen LogP contribution in [0.15, 0.2) is 53.4 Å². The number of rotatable bonds is 5. The van der Waals surface area contributed by atoms with Gasteiger partial charge in [-0.05, 0) is 42.0 Å². The summed E-state index contributed by atoms with van der Waals surface area (Å²) in [5, 5.41) is 0.795. The number of benzene rings is 2. The summed E-state index contributed by atoms with van der Waals surface area (Å²) in [6.07, 6.45) is 1.18. The van der Waals surface area contributed by atoms with Gasteiger partial charge in [0.1, 0.15) is 10.8 Å². The highest BCUT2D eigenvalue weighted by Gasteiger charge is 2.16. The van der Waals surface area contributed by atoms with Crippen molar-refractivity contribution in [3.8, 4) is 21.7 Å². The van der Waals surface area contributed by atoms with Crippen molar-refractivity contribution < 1.29 is 17.5 Å². The maximum absolute atomic E-state index is 13.2. The Labute approximate surface area is 149 Å². The van der Waals surface area contributed by atoms with Crippen LogP contribution in [0.1, 0.15) is 5.01 Å². The van der Waals surface area contributed by atoms with Crippen molar-refractivity contribution in [3.63, 3.8) is 0 Å². The predicted molar refractivity (Wildman–Crippen MR) is 96.8 cm³/mol. The van der Waals surface area contributed by atoms with Crippen LogP contribution in [0.4, 0.5) is 4.39 Å². The molecule has 2 aromatic carbocycles. The Morgan fingerprint density at radius 3 is 2.20 bits per heavy atom. The lowest BCUT2D eigenvalue weighted by molar-refractivity contribution is 0.184. The Balaban J connectivity index is 2.09. The van der Waals surface area contributed by atoms with E-state index in [1.807, 2.05) is 0 Å². The fourth-order valence-corrected chi connectivity index (χ4v) is 4.10. The smallest absolute Gasteiger partial charge is 0.175 e. The van der Waals surface area contributed by atoms with Gasteiger partial charge in [-0.3, -0.25) is 0 Å². The molecular formula is C18H16FNO3S2. The number of methoxy groups -OCH3 is 1. The van der Waals surface area contributed by atoms with Gasteiger partial charge in [-0.15, -0.1) is 11.3 Å². The molecule has 25 heavy (non-hydrogen) atoms. The minimum atomic E-state index is -3.25. The Bertz CT molecular complexity index is 978. The molecule has 7 heteroatoms. The summed E-state index contributed by atoms with van der Waals surface area (Å²) in [5.41, 5.74) is 2.37. The molecule has 0 aliphatic heterocycles. The van der Waals surface area contributed by atoms with Crippen molar-refractivity contribution in [2.45, 2.75) is 11.5 Å². The van der Waals surface area contributed by atoms with Crippen molar-refractivity contribution in [2.24, 2.45) is 0 Å². The second-order valence-corrected chi connectivity index (χ2v) is 8.62. The van der Waals surface area contributed by atoms with E-state index >= 15 is 0 Å². The number of hydrogen-bond acceptors (Lipinski definition) is 5. The fraction of sp³-hybridized carbons (Fsp3) is 0.167. The molecule has 0 unspecified atom stereocenters. The predicted octanol–water partition coefficient (Wildman–Crippen LogP) is 4.17. The van der Waals surface area contributed by atoms with Gasteiger partial charge in [-0.1, -0.05) is 12.1 Å². The standard InChI is InChI=1S/C18H16FNO3S2/c1-23-11-16-20-17(12-3-7-14(19)8-4-12)18(24-16)13-5-9-15(10-6-13)25(2,21)22/h3-10H,11H2,1-2H3. The third kappa shape index (κ3) is 3.95. The highest BCUT2D eigenvalue weighted by Crippen LogP contribution is 2.37. The van der Waals surface area contributed by atoms with E-state index in [1.54, 1.807) is 43.5 Å². The summed E-state index contributed by atoms with van der Waals surface area (Å²) in [4.78, 5) is 5.75. The van der Waals surface area contributed by atoms with E-state index in [9.17, 15) is 12.8 Å². The van der Waals surface area contributed by atoms with E-state index in [2.05, 4.69) is 4.98 Å². The summed E-state index contributed by atoms with van der Waals surface area (Å²) < 4.78 is 41.6. The third-order valence-corrected chi connectivity index (χ3v) is 5.81. The van der Waals surface area contributed by atoms with Crippen LogP contribution >= 0.6 is 11.3 Å². The van der Waals surface area contributed by atoms with Crippen LogP contribution in [0.3, 0.4) is 0 Å². The summed E-state index contributed by atoms with van der Waals surface area (Å²) in [7, 11) is -1.65. The average molecular weight is 377 g/mol. The van der Waals surface area contributed by atoms with Crippen LogP contribution in [0, 0.1) is 5.82 Å². The van der Waals surface area contributed by atoms with Gasteiger partial charge in [0.05, 0.1) is 22.1 Å². The van der Waals surface area contributed by atoms with Gasteiger partial charge in [-0.25, -0.2) is 17.8 Å². The van der Waals surface area contributed by atoms with Gasteiger partial charge >= 0.3 is 0 Å². The minimum Gasteiger partial charge on any atom is -0.378 e. The maximum atomic E-state index is 13.2. The zero-order valence-electron chi connectivity index (χ0n) is 13.7. The number of sulfone groups is 1. The molecule has 3 aromatic rings. The van der Waals surface area contributed by atoms with Crippen LogP contribution in [0.25, 0.3) is 21.7 Å². The van der Waals surface area contributed by atoms with Gasteiger partial charge in [0.15, 0.2) is 9.84 Å². The summed E-state index contributed by atoms with van der Waals surface area (Å²) in [6, 6.07) is 12.8. The topological polar surface area (TPSA) is 56.3 Å². The van der Waals surface area contributed by atoms with Crippen molar-refractivity contribution in [3.05, 3.63) is 59.4 Å². The first-order chi connectivity index (χ1) is 11.9. The van der Waals surface area contributed by atoms with E-state index < -0.39 is 9.84 Å². The Kier molecular flexibility index (Phi) is 4.99. The first kappa shape index (κ1) is 17.7. The molecule has 0 amide bonds. The van der Waals surface area contributed by atoms with Crippen molar-refractivity contribution in [1.29, 1.82) is 0 Å². The van der Waals surface area contributed by atoms with Crippen LogP contribution in [-0.4, -0.2) is 26.8 Å². The second kappa shape index (κ2) is 7.03. The second-order valence-electron chi connectivity index (χ2n) is 5.52. The molecule has 130 valence electrons. The lowest BCUT2D eigenvalue weighted by atomic mass is 10.1. The normalized spacial score (nSPS) is 11.6. The summed E-state index contributed by atoms with van der Waals surface area (Å²) >= 11 is 1.47. The zero-order chi connectivity index (χ0) is 18.0. The lowest BCUT2D eigenvalue weighted by Gasteiger charge is -2.04. The molecule has 0 aliphatic rings. The number of hydrogen-bond donors (Lipinski definition) is 0. The zero-order valence-corrected chi connectivity index (χ0v) is 15.3. The molecule has 3 rings (SSSR count). The average Bonchev–Trinajstić information content (AvgIpc) is 2.99. The first-order valence-corrected chi connectivity index (χ1v) is 10.1. The maximum Gasteiger partial charge on any atom is 0.175 e. The minimum absolute atomic E-state index is 0.265. The van der Waals surface area contributed by atoms with E-state index in [0.717, 1.165) is 26.7 Å². The highest BCUT2D eigenvalue weighted by atomic mass is 32.2. The molecule has 1 heterocycles. The summed E-state index contributed by atoms with van der Waals surface area (Å²) in [6.45, 7) is 0.375. The van der Waals surface area contributed by atoms with E-state index in [4.69, 9.17) is 4.74 Å². The van der Waals surface area contributed by atoms with Gasteiger partial charge in [-0.2, -0.15) is 0 Å². The molecule has 0 fully saturated rings. The number of nitrogens with zero attached hydrogens (tertiary/aromatic N) is 1. The monoisotopic (exact) mass is 377 g/mol. The Morgan fingerprint density at radius 1 is 1.04 bits per heavy atom. The quantitative estimate of drug-likeness (QED) is 0.670. The van der Waals surface area contributed by atoms with E-state index in [0.29, 0.717) is 6.61 Å². The SMILES string of the molecule is COCc1nc(-c2ccc(F)cc2)c(-c2ccc(S(C)(=O)=O)cc2)s1. The van der Waals surface area contributed by atoms with E-state index in [-0.39, 0.29) is 10.7 Å². The van der Waals surface area contributed by atoms with Crippen LogP contribution in [-0.2, 0) is 21.2 Å². The van der Waals surface area contributed by atoms with E-state index in [1.165, 1.54) is 29.7 Å². The molecule has 0 aliphatic carbocycles. The number of aromatic nitrogens is 1. The molecular weight excluding hydrogens is 361 g/mol. The molecule has 1 aromatic heterocycles. The van der Waals surface area contributed by atoms with Gasteiger partial charge in [0.2, 0.25) is 0 Å². The van der Waals surface area contributed by atoms with Crippen molar-refractivity contribution >= 4 is 21.2 Å². The van der Waals surface area contributed by atoms with Gasteiger partial charge in [0, 0.05) is 18.9 Å². The van der Waals surface area contributed by atoms with Crippen LogP contribution in [0.5, 0.6) is 0 Å². The number of ether oxygens (including phenoxy) is 1. The van der Waals surface area contributed by atoms with Crippen molar-refractivity contribution in [1.82, 2.24) is 4.98 Å². The molecule has 0 radical (unpaired) electrons.